The van der Waals surface area contributed by atoms with Gasteiger partial charge in [0.15, 0.2) is 11.5 Å². The Balaban J connectivity index is 3.17. The van der Waals surface area contributed by atoms with Crippen molar-refractivity contribution in [3.63, 3.8) is 0 Å². The normalized spacial score (nSPS) is 10.1. The summed E-state index contributed by atoms with van der Waals surface area (Å²) in [6.07, 6.45) is 1.75. The summed E-state index contributed by atoms with van der Waals surface area (Å²) in [4.78, 5) is 10.3. The third kappa shape index (κ3) is 2.50. The molecule has 4 heteroatoms. The van der Waals surface area contributed by atoms with Gasteiger partial charge in [0.25, 0.3) is 0 Å². The van der Waals surface area contributed by atoms with Crippen LogP contribution >= 0.6 is 15.9 Å². The maximum atomic E-state index is 10.3. The fourth-order valence-corrected chi connectivity index (χ4v) is 1.87. The van der Waals surface area contributed by atoms with Gasteiger partial charge in [0.2, 0.25) is 0 Å². The van der Waals surface area contributed by atoms with Crippen LogP contribution in [0.5, 0.6) is 11.5 Å². The molecule has 0 atom stereocenters. The maximum absolute atomic E-state index is 10.3. The van der Waals surface area contributed by atoms with E-state index in [1.165, 1.54) is 7.11 Å². The summed E-state index contributed by atoms with van der Waals surface area (Å²) in [5.74, 6) is 0.588. The Labute approximate surface area is 97.2 Å². The molecule has 0 aliphatic heterocycles. The van der Waals surface area contributed by atoms with Gasteiger partial charge in [-0.25, -0.2) is 0 Å². The van der Waals surface area contributed by atoms with Crippen molar-refractivity contribution in [3.05, 3.63) is 21.7 Å². The van der Waals surface area contributed by atoms with E-state index in [1.54, 1.807) is 0 Å². The van der Waals surface area contributed by atoms with Crippen LogP contribution < -0.4 is 4.74 Å². The molecule has 0 heterocycles. The van der Waals surface area contributed by atoms with Gasteiger partial charge >= 0.3 is 0 Å². The first-order valence-corrected chi connectivity index (χ1v) is 5.39. The molecule has 15 heavy (non-hydrogen) atoms. The van der Waals surface area contributed by atoms with Crippen LogP contribution in [0.3, 0.4) is 0 Å². The van der Waals surface area contributed by atoms with E-state index in [9.17, 15) is 9.90 Å². The number of ether oxygens (including phenoxy) is 1. The van der Waals surface area contributed by atoms with E-state index in [1.807, 2.05) is 13.0 Å². The SMILES string of the molecule is COc1c(C)c(Br)cc(CCC=O)c1O. The first-order chi connectivity index (χ1) is 7.11. The monoisotopic (exact) mass is 272 g/mol. The van der Waals surface area contributed by atoms with Gasteiger partial charge in [-0.2, -0.15) is 0 Å². The highest BCUT2D eigenvalue weighted by Gasteiger charge is 2.13. The topological polar surface area (TPSA) is 46.5 Å². The van der Waals surface area contributed by atoms with Crippen LogP contribution in [0.2, 0.25) is 0 Å². The number of carbonyl (C=O) groups excluding carboxylic acids is 1. The molecule has 0 aromatic heterocycles. The maximum Gasteiger partial charge on any atom is 0.164 e. The van der Waals surface area contributed by atoms with Crippen molar-refractivity contribution in [3.8, 4) is 11.5 Å². The number of aldehydes is 1. The highest BCUT2D eigenvalue weighted by atomic mass is 79.9. The van der Waals surface area contributed by atoms with E-state index >= 15 is 0 Å². The zero-order valence-corrected chi connectivity index (χ0v) is 10.3. The summed E-state index contributed by atoms with van der Waals surface area (Å²) in [5, 5.41) is 9.86. The Morgan fingerprint density at radius 2 is 2.27 bits per heavy atom. The van der Waals surface area contributed by atoms with Crippen molar-refractivity contribution in [2.75, 3.05) is 7.11 Å². The molecule has 0 amide bonds. The van der Waals surface area contributed by atoms with Crippen LogP contribution in [0.15, 0.2) is 10.5 Å². The predicted octanol–water partition coefficient (Wildman–Crippen LogP) is 2.60. The number of aryl methyl sites for hydroxylation is 1. The smallest absolute Gasteiger partial charge is 0.164 e. The molecule has 1 aromatic carbocycles. The van der Waals surface area contributed by atoms with Crippen molar-refractivity contribution in [1.82, 2.24) is 0 Å². The molecule has 0 saturated carbocycles. The number of hydrogen-bond donors (Lipinski definition) is 1. The summed E-state index contributed by atoms with van der Waals surface area (Å²) < 4.78 is 5.98. The Bertz CT molecular complexity index is 375. The van der Waals surface area contributed by atoms with Crippen LogP contribution in [-0.2, 0) is 11.2 Å². The molecule has 1 N–H and O–H groups in total. The quantitative estimate of drug-likeness (QED) is 0.858. The molecule has 0 fully saturated rings. The molecule has 0 spiro atoms. The fraction of sp³-hybridized carbons (Fsp3) is 0.364. The molecule has 1 aromatic rings. The Kier molecular flexibility index (Phi) is 4.15. The molecule has 1 rings (SSSR count). The summed E-state index contributed by atoms with van der Waals surface area (Å²) in [6.45, 7) is 1.85. The lowest BCUT2D eigenvalue weighted by atomic mass is 10.1. The molecular weight excluding hydrogens is 260 g/mol. The zero-order valence-electron chi connectivity index (χ0n) is 8.71. The van der Waals surface area contributed by atoms with Crippen LogP contribution in [0, 0.1) is 6.92 Å². The van der Waals surface area contributed by atoms with Crippen LogP contribution in [0.4, 0.5) is 0 Å². The number of methoxy groups -OCH3 is 1. The average molecular weight is 273 g/mol. The van der Waals surface area contributed by atoms with Crippen molar-refractivity contribution in [1.29, 1.82) is 0 Å². The molecule has 82 valence electrons. The van der Waals surface area contributed by atoms with E-state index in [4.69, 9.17) is 4.74 Å². The van der Waals surface area contributed by atoms with Gasteiger partial charge < -0.3 is 14.6 Å². The van der Waals surface area contributed by atoms with Gasteiger partial charge in [-0.1, -0.05) is 15.9 Å². The van der Waals surface area contributed by atoms with Gasteiger partial charge in [-0.3, -0.25) is 0 Å². The molecule has 0 radical (unpaired) electrons. The minimum Gasteiger partial charge on any atom is -0.504 e. The minimum atomic E-state index is 0.125. The summed E-state index contributed by atoms with van der Waals surface area (Å²) in [6, 6.07) is 1.82. The molecule has 0 saturated heterocycles. The Hall–Kier alpha value is -1.03. The molecule has 0 aliphatic carbocycles. The number of rotatable bonds is 4. The lowest BCUT2D eigenvalue weighted by molar-refractivity contribution is -0.107. The number of hydrogen-bond acceptors (Lipinski definition) is 3. The summed E-state index contributed by atoms with van der Waals surface area (Å²) in [7, 11) is 1.51. The van der Waals surface area contributed by atoms with E-state index < -0.39 is 0 Å². The average Bonchev–Trinajstić information content (AvgIpc) is 2.22. The summed E-state index contributed by atoms with van der Waals surface area (Å²) >= 11 is 3.38. The van der Waals surface area contributed by atoms with Crippen molar-refractivity contribution < 1.29 is 14.6 Å². The lowest BCUT2D eigenvalue weighted by Crippen LogP contribution is -1.95. The minimum absolute atomic E-state index is 0.125. The number of benzene rings is 1. The fourth-order valence-electron chi connectivity index (χ4n) is 1.42. The molecule has 0 unspecified atom stereocenters. The predicted molar refractivity (Wildman–Crippen MR) is 61.5 cm³/mol. The third-order valence-corrected chi connectivity index (χ3v) is 3.08. The number of carbonyl (C=O) groups is 1. The highest BCUT2D eigenvalue weighted by molar-refractivity contribution is 9.10. The molecular formula is C11H13BrO3. The van der Waals surface area contributed by atoms with Crippen LogP contribution in [-0.4, -0.2) is 18.5 Å². The van der Waals surface area contributed by atoms with Crippen LogP contribution in [0.25, 0.3) is 0 Å². The second kappa shape index (κ2) is 5.16. The van der Waals surface area contributed by atoms with Crippen molar-refractivity contribution in [2.45, 2.75) is 19.8 Å². The number of phenolic OH excluding ortho intramolecular Hbond substituents is 1. The number of phenols is 1. The van der Waals surface area contributed by atoms with E-state index in [2.05, 4.69) is 15.9 Å². The number of aromatic hydroxyl groups is 1. The third-order valence-electron chi connectivity index (χ3n) is 2.25. The highest BCUT2D eigenvalue weighted by Crippen LogP contribution is 2.38. The first kappa shape index (κ1) is 12.0. The van der Waals surface area contributed by atoms with E-state index in [0.717, 1.165) is 21.9 Å². The Morgan fingerprint density at radius 3 is 2.80 bits per heavy atom. The number of halogens is 1. The van der Waals surface area contributed by atoms with Crippen molar-refractivity contribution >= 4 is 22.2 Å². The van der Waals surface area contributed by atoms with Gasteiger partial charge in [-0.15, -0.1) is 0 Å². The van der Waals surface area contributed by atoms with Crippen molar-refractivity contribution in [2.24, 2.45) is 0 Å². The zero-order chi connectivity index (χ0) is 11.4. The van der Waals surface area contributed by atoms with Gasteiger partial charge in [0.05, 0.1) is 7.11 Å². The molecule has 3 nitrogen and oxygen atoms in total. The van der Waals surface area contributed by atoms with E-state index in [-0.39, 0.29) is 5.75 Å². The first-order valence-electron chi connectivity index (χ1n) is 4.60. The van der Waals surface area contributed by atoms with Crippen LogP contribution in [0.1, 0.15) is 17.5 Å². The molecule has 0 aliphatic rings. The van der Waals surface area contributed by atoms with Gasteiger partial charge in [-0.05, 0) is 25.0 Å². The standard InChI is InChI=1S/C11H13BrO3/c1-7-9(12)6-8(4-3-5-13)10(14)11(7)15-2/h5-6,14H,3-4H2,1-2H3. The Morgan fingerprint density at radius 1 is 1.60 bits per heavy atom. The van der Waals surface area contributed by atoms with E-state index in [0.29, 0.717) is 18.6 Å². The summed E-state index contributed by atoms with van der Waals surface area (Å²) in [5.41, 5.74) is 1.57. The second-order valence-corrected chi connectivity index (χ2v) is 4.08. The van der Waals surface area contributed by atoms with Gasteiger partial charge in [0, 0.05) is 16.5 Å². The second-order valence-electron chi connectivity index (χ2n) is 3.23. The van der Waals surface area contributed by atoms with Gasteiger partial charge in [0.1, 0.15) is 6.29 Å². The molecule has 0 bridgehead atoms. The largest absolute Gasteiger partial charge is 0.504 e. The lowest BCUT2D eigenvalue weighted by Gasteiger charge is -2.12.